The van der Waals surface area contributed by atoms with Crippen LogP contribution in [0.1, 0.15) is 78.3 Å². The summed E-state index contributed by atoms with van der Waals surface area (Å²) >= 11 is 0. The highest BCUT2D eigenvalue weighted by molar-refractivity contribution is 6.05. The van der Waals surface area contributed by atoms with Gasteiger partial charge in [-0.1, -0.05) is 43.5 Å². The summed E-state index contributed by atoms with van der Waals surface area (Å²) in [6.45, 7) is 5.99. The van der Waals surface area contributed by atoms with Crippen LogP contribution >= 0.6 is 0 Å². The zero-order valence-corrected chi connectivity index (χ0v) is 20.9. The molecule has 35 heavy (non-hydrogen) atoms. The van der Waals surface area contributed by atoms with E-state index >= 15 is 0 Å². The second-order valence-corrected chi connectivity index (χ2v) is 10.3. The second kappa shape index (κ2) is 10.4. The second-order valence-electron chi connectivity index (χ2n) is 10.3. The Kier molecular flexibility index (Phi) is 7.05. The molecule has 2 fully saturated rings. The van der Waals surface area contributed by atoms with Gasteiger partial charge in [0.05, 0.1) is 5.56 Å². The summed E-state index contributed by atoms with van der Waals surface area (Å²) in [5.41, 5.74) is 4.50. The third-order valence-electron chi connectivity index (χ3n) is 7.88. The molecule has 5 rings (SSSR count). The van der Waals surface area contributed by atoms with Gasteiger partial charge >= 0.3 is 0 Å². The molecule has 1 aliphatic carbocycles. The van der Waals surface area contributed by atoms with Gasteiger partial charge in [-0.25, -0.2) is 0 Å². The third kappa shape index (κ3) is 5.06. The van der Waals surface area contributed by atoms with Crippen molar-refractivity contribution in [2.45, 2.75) is 71.4 Å². The number of rotatable bonds is 6. The first-order valence-corrected chi connectivity index (χ1v) is 13.1. The molecule has 1 saturated heterocycles. The van der Waals surface area contributed by atoms with E-state index < -0.39 is 0 Å². The maximum Gasteiger partial charge on any atom is 0.253 e. The molecule has 2 aliphatic rings. The van der Waals surface area contributed by atoms with Crippen molar-refractivity contribution in [2.24, 2.45) is 5.92 Å². The number of amides is 1. The number of carbonyl (C=O) groups is 2. The largest absolute Gasteiger partial charge is 0.381 e. The quantitative estimate of drug-likeness (QED) is 0.428. The van der Waals surface area contributed by atoms with Crippen LogP contribution in [0.4, 0.5) is 0 Å². The van der Waals surface area contributed by atoms with Gasteiger partial charge in [-0.15, -0.1) is 0 Å². The van der Waals surface area contributed by atoms with Crippen LogP contribution in [0, 0.1) is 12.8 Å². The monoisotopic (exact) mass is 472 g/mol. The van der Waals surface area contributed by atoms with Crippen LogP contribution in [0.15, 0.2) is 42.5 Å². The van der Waals surface area contributed by atoms with Crippen molar-refractivity contribution in [1.29, 1.82) is 0 Å². The number of benzene rings is 2. The lowest BCUT2D eigenvalue weighted by Crippen LogP contribution is -2.39. The predicted molar refractivity (Wildman–Crippen MR) is 140 cm³/mol. The number of ether oxygens (including phenoxy) is 1. The van der Waals surface area contributed by atoms with Gasteiger partial charge in [0.25, 0.3) is 5.91 Å². The molecule has 0 unspecified atom stereocenters. The van der Waals surface area contributed by atoms with E-state index in [1.54, 1.807) is 6.92 Å². The van der Waals surface area contributed by atoms with Crippen LogP contribution in [0.5, 0.6) is 0 Å². The lowest BCUT2D eigenvalue weighted by Gasteiger charge is -2.25. The number of nitrogens with zero attached hydrogens (tertiary/aromatic N) is 1. The molecule has 1 amide bonds. The average molecular weight is 473 g/mol. The lowest BCUT2D eigenvalue weighted by molar-refractivity contribution is 0.0696. The number of nitrogens with one attached hydrogen (secondary N) is 1. The van der Waals surface area contributed by atoms with Crippen molar-refractivity contribution in [3.05, 3.63) is 59.3 Å². The summed E-state index contributed by atoms with van der Waals surface area (Å²) in [5, 5.41) is 5.41. The van der Waals surface area contributed by atoms with Crippen molar-refractivity contribution in [2.75, 3.05) is 13.2 Å². The Balaban J connectivity index is 1.61. The van der Waals surface area contributed by atoms with Gasteiger partial charge in [-0.3, -0.25) is 9.59 Å². The molecule has 184 valence electrons. The highest BCUT2D eigenvalue weighted by atomic mass is 16.5. The summed E-state index contributed by atoms with van der Waals surface area (Å²) in [7, 11) is 0. The van der Waals surface area contributed by atoms with Gasteiger partial charge in [0, 0.05) is 48.3 Å². The van der Waals surface area contributed by atoms with E-state index in [9.17, 15) is 9.59 Å². The highest BCUT2D eigenvalue weighted by Crippen LogP contribution is 2.36. The molecule has 0 spiro atoms. The SMILES string of the molecule is CC(=O)c1cc(-c2cc(C(=O)NC3CCOCC3)c(C)n2CC2CCCCC2)c2ccccc2c1. The third-order valence-corrected chi connectivity index (χ3v) is 7.88. The number of fused-ring (bicyclic) bond motifs is 1. The molecule has 1 aromatic heterocycles. The first-order chi connectivity index (χ1) is 17.0. The molecule has 1 saturated carbocycles. The van der Waals surface area contributed by atoms with E-state index in [0.29, 0.717) is 24.7 Å². The van der Waals surface area contributed by atoms with Gasteiger partial charge in [0.2, 0.25) is 0 Å². The molecule has 5 heteroatoms. The van der Waals surface area contributed by atoms with Crippen molar-refractivity contribution >= 4 is 22.5 Å². The Morgan fingerprint density at radius 3 is 2.49 bits per heavy atom. The minimum atomic E-state index is -0.00919. The predicted octanol–water partition coefficient (Wildman–Crippen LogP) is 6.31. The first kappa shape index (κ1) is 23.8. The van der Waals surface area contributed by atoms with E-state index in [-0.39, 0.29) is 17.7 Å². The molecule has 3 aromatic rings. The van der Waals surface area contributed by atoms with Gasteiger partial charge in [0.1, 0.15) is 0 Å². The van der Waals surface area contributed by atoms with Gasteiger partial charge < -0.3 is 14.6 Å². The lowest BCUT2D eigenvalue weighted by atomic mass is 9.89. The number of ketones is 1. The van der Waals surface area contributed by atoms with Crippen LogP contribution in [0.3, 0.4) is 0 Å². The highest BCUT2D eigenvalue weighted by Gasteiger charge is 2.25. The molecular weight excluding hydrogens is 436 g/mol. The number of hydrogen-bond acceptors (Lipinski definition) is 3. The Hall–Kier alpha value is -2.92. The zero-order chi connectivity index (χ0) is 24.4. The van der Waals surface area contributed by atoms with Gasteiger partial charge in [-0.2, -0.15) is 0 Å². The Bertz CT molecular complexity index is 1230. The summed E-state index contributed by atoms with van der Waals surface area (Å²) < 4.78 is 7.81. The van der Waals surface area contributed by atoms with E-state index in [4.69, 9.17) is 4.74 Å². The average Bonchev–Trinajstić information content (AvgIpc) is 3.20. The molecule has 2 aromatic carbocycles. The molecule has 1 aliphatic heterocycles. The normalized spacial score (nSPS) is 17.5. The molecular formula is C30H36N2O3. The smallest absolute Gasteiger partial charge is 0.253 e. The fourth-order valence-corrected chi connectivity index (χ4v) is 5.79. The van der Waals surface area contributed by atoms with Gasteiger partial charge in [-0.05, 0) is 74.4 Å². The summed E-state index contributed by atoms with van der Waals surface area (Å²) in [6.07, 6.45) is 8.04. The fourth-order valence-electron chi connectivity index (χ4n) is 5.79. The number of carbonyl (C=O) groups excluding carboxylic acids is 2. The molecule has 5 nitrogen and oxygen atoms in total. The molecule has 0 bridgehead atoms. The molecule has 2 heterocycles. The van der Waals surface area contributed by atoms with Crippen LogP contribution < -0.4 is 5.32 Å². The van der Waals surface area contributed by atoms with Crippen LogP contribution in [-0.2, 0) is 11.3 Å². The van der Waals surface area contributed by atoms with Crippen molar-refractivity contribution in [3.8, 4) is 11.3 Å². The van der Waals surface area contributed by atoms with Crippen LogP contribution in [-0.4, -0.2) is 35.5 Å². The minimum absolute atomic E-state index is 0.00919. The van der Waals surface area contributed by atoms with Crippen LogP contribution in [0.2, 0.25) is 0 Å². The molecule has 0 radical (unpaired) electrons. The van der Waals surface area contributed by atoms with Crippen molar-refractivity contribution in [3.63, 3.8) is 0 Å². The van der Waals surface area contributed by atoms with Crippen molar-refractivity contribution < 1.29 is 14.3 Å². The standard InChI is InChI=1S/C30H36N2O3/c1-20-27(30(34)31-25-12-14-35-15-13-25)18-29(32(20)19-22-8-4-3-5-9-22)28-17-24(21(2)33)16-23-10-6-7-11-26(23)28/h6-7,10-11,16-18,22,25H,3-5,8-9,12-15,19H2,1-2H3,(H,31,34). The minimum Gasteiger partial charge on any atom is -0.381 e. The summed E-state index contributed by atoms with van der Waals surface area (Å²) in [4.78, 5) is 25.8. The topological polar surface area (TPSA) is 60.3 Å². The Morgan fingerprint density at radius 2 is 1.74 bits per heavy atom. The molecule has 1 N–H and O–H groups in total. The number of Topliss-reactive ketones (excluding diaryl/α,β-unsaturated/α-hetero) is 1. The maximum atomic E-state index is 13.4. The van der Waals surface area contributed by atoms with E-state index in [0.717, 1.165) is 52.7 Å². The van der Waals surface area contributed by atoms with E-state index in [1.165, 1.54) is 32.1 Å². The zero-order valence-electron chi connectivity index (χ0n) is 20.9. The Labute approximate surface area is 207 Å². The fraction of sp³-hybridized carbons (Fsp3) is 0.467. The van der Waals surface area contributed by atoms with E-state index in [1.807, 2.05) is 24.3 Å². The summed E-state index contributed by atoms with van der Waals surface area (Å²) in [5.74, 6) is 0.656. The van der Waals surface area contributed by atoms with Crippen LogP contribution in [0.25, 0.3) is 22.0 Å². The van der Waals surface area contributed by atoms with Gasteiger partial charge in [0.15, 0.2) is 5.78 Å². The number of hydrogen-bond donors (Lipinski definition) is 1. The number of aromatic nitrogens is 1. The van der Waals surface area contributed by atoms with E-state index in [2.05, 4.69) is 35.0 Å². The van der Waals surface area contributed by atoms with Crippen molar-refractivity contribution in [1.82, 2.24) is 9.88 Å². The first-order valence-electron chi connectivity index (χ1n) is 13.1. The summed E-state index contributed by atoms with van der Waals surface area (Å²) in [6, 6.07) is 14.4. The Morgan fingerprint density at radius 1 is 1.00 bits per heavy atom. The maximum absolute atomic E-state index is 13.4. The molecule has 0 atom stereocenters.